The molecule has 6 heteroatoms. The Morgan fingerprint density at radius 2 is 1.14 bits per heavy atom. The maximum atomic E-state index is 9.57. The summed E-state index contributed by atoms with van der Waals surface area (Å²) in [6.07, 6.45) is 3.53. The van der Waals surface area contributed by atoms with Gasteiger partial charge in [0.25, 0.3) is 11.4 Å². The number of hydrogen-bond acceptors (Lipinski definition) is 2. The molecule has 0 unspecified atom stereocenters. The standard InChI is InChI=1S/C79H82N4O.Pt/c1-50-37-72(80-48-65(50)52-31-34-66-67(40-52)79(16,17)36-35-78(66,14)15)83-68-28-22-21-27-61(68)62-33-32-59(47-71(62)83)84-60-43-56(76(8,9)10)42-58(46-60)81-49-82(70-30-24-23-29-69(70)81)73-63(51-25-19-18-20-26-51)44-57(77(11,12)13)45-64(73)53-38-54(74(2,3)4)41-55(39-53)75(5,6)7;/h18-34,37-45,48H,35-36H2,1-17H3;/q;+2/i1D3,18D,19D,20D,21D,22D,25D,26D,27D,28D;. The second-order valence-electron chi connectivity index (χ2n) is 28.5. The fourth-order valence-corrected chi connectivity index (χ4v) is 11.9. The Balaban J connectivity index is 0.00000954. The fraction of sp³-hybridized carbons (Fsp3) is 0.316. The summed E-state index contributed by atoms with van der Waals surface area (Å²) in [4.78, 5) is 4.97. The van der Waals surface area contributed by atoms with E-state index in [1.165, 1.54) is 11.6 Å². The van der Waals surface area contributed by atoms with Crippen molar-refractivity contribution in [3.8, 4) is 50.7 Å². The molecule has 1 aliphatic carbocycles. The summed E-state index contributed by atoms with van der Waals surface area (Å²) in [7, 11) is 0. The van der Waals surface area contributed by atoms with Gasteiger partial charge in [0.15, 0.2) is 0 Å². The van der Waals surface area contributed by atoms with Crippen molar-refractivity contribution < 1.29 is 42.3 Å². The van der Waals surface area contributed by atoms with Crippen LogP contribution in [0.3, 0.4) is 0 Å². The summed E-state index contributed by atoms with van der Waals surface area (Å²) >= 11 is 0. The number of nitrogens with zero attached hydrogens (tertiary/aromatic N) is 4. The molecular formula is C79H82N4OPt+2. The first kappa shape index (κ1) is 45.9. The van der Waals surface area contributed by atoms with Gasteiger partial charge in [0.2, 0.25) is 5.69 Å². The van der Waals surface area contributed by atoms with E-state index in [-0.39, 0.29) is 112 Å². The number of para-hydroxylation sites is 3. The second kappa shape index (κ2) is 21.2. The van der Waals surface area contributed by atoms with Crippen molar-refractivity contribution in [3.05, 3.63) is 215 Å². The van der Waals surface area contributed by atoms with E-state index in [2.05, 4.69) is 165 Å². The fourth-order valence-electron chi connectivity index (χ4n) is 11.9. The molecule has 12 rings (SSSR count). The Kier molecular flexibility index (Phi) is 11.5. The van der Waals surface area contributed by atoms with E-state index < -0.39 is 47.9 Å². The maximum Gasteiger partial charge on any atom is 2.00 e. The molecule has 432 valence electrons. The summed E-state index contributed by atoms with van der Waals surface area (Å²) in [5.74, 6) is 0.583. The Morgan fingerprint density at radius 3 is 1.79 bits per heavy atom. The number of rotatable bonds is 8. The van der Waals surface area contributed by atoms with Crippen molar-refractivity contribution in [1.29, 1.82) is 0 Å². The molecule has 0 amide bonds. The van der Waals surface area contributed by atoms with E-state index in [1.54, 1.807) is 22.9 Å². The molecule has 0 saturated carbocycles. The van der Waals surface area contributed by atoms with Crippen LogP contribution in [-0.4, -0.2) is 15.6 Å². The van der Waals surface area contributed by atoms with Gasteiger partial charge >= 0.3 is 27.1 Å². The van der Waals surface area contributed by atoms with Crippen LogP contribution in [0.15, 0.2) is 164 Å². The van der Waals surface area contributed by atoms with Gasteiger partial charge in [0, 0.05) is 45.0 Å². The quantitative estimate of drug-likeness (QED) is 0.112. The van der Waals surface area contributed by atoms with E-state index >= 15 is 0 Å². The summed E-state index contributed by atoms with van der Waals surface area (Å²) in [6, 6.07) is 40.8. The average molecular weight is 1310 g/mol. The van der Waals surface area contributed by atoms with Crippen molar-refractivity contribution in [2.75, 3.05) is 0 Å². The number of aryl methyl sites for hydroxylation is 1. The van der Waals surface area contributed by atoms with E-state index in [4.69, 9.17) is 20.7 Å². The summed E-state index contributed by atoms with van der Waals surface area (Å²) < 4.78 is 122. The Bertz CT molecular complexity index is 4980. The predicted octanol–water partition coefficient (Wildman–Crippen LogP) is 21.3. The van der Waals surface area contributed by atoms with Crippen LogP contribution in [0.2, 0.25) is 0 Å². The molecule has 0 fully saturated rings. The van der Waals surface area contributed by atoms with E-state index in [0.29, 0.717) is 44.8 Å². The Labute approximate surface area is 537 Å². The Hall–Kier alpha value is -7.42. The molecular weight excluding hydrogens is 1220 g/mol. The number of fused-ring (bicyclic) bond motifs is 5. The number of pyridine rings is 1. The SMILES string of the molecule is [2H]c1c([2H])c([2H])c(-c2cc(C(C)(C)C)cc(-c3cc(C(C)(C)C)cc(C(C)(C)C)c3)c2[N+]2=C=[N+](c3[c-]c(Oc4[c-]c5c(cc4)c4c([2H])c([2H])c([2H])c([2H])c4n5-c4cc(C([2H])([2H])[2H])c(-c5ccc6c(c5)C(C)(C)CCC6(C)C)cn4)cc(C(C)(C)C)c3)c3ccccc32)c([2H])c1[2H].[Pt+2]. The Morgan fingerprint density at radius 1 is 0.553 bits per heavy atom. The molecule has 85 heavy (non-hydrogen) atoms. The third-order valence-electron chi connectivity index (χ3n) is 17.2. The zero-order valence-electron chi connectivity index (χ0n) is 63.8. The minimum Gasteiger partial charge on any atom is -0.509 e. The largest absolute Gasteiger partial charge is 2.00 e. The van der Waals surface area contributed by atoms with Crippen molar-refractivity contribution in [2.45, 2.75) is 163 Å². The van der Waals surface area contributed by atoms with Gasteiger partial charge in [-0.3, -0.25) is 0 Å². The minimum absolute atomic E-state index is 0. The van der Waals surface area contributed by atoms with E-state index in [0.717, 1.165) is 51.8 Å². The van der Waals surface area contributed by atoms with Crippen LogP contribution in [0, 0.1) is 19.0 Å². The summed E-state index contributed by atoms with van der Waals surface area (Å²) in [6.45, 7) is 32.0. The third-order valence-corrected chi connectivity index (χ3v) is 17.2. The van der Waals surface area contributed by atoms with Crippen LogP contribution in [0.1, 0.15) is 179 Å². The van der Waals surface area contributed by atoms with Gasteiger partial charge < -0.3 is 9.30 Å². The first-order valence-electron chi connectivity index (χ1n) is 35.2. The average Bonchev–Trinajstić information content (AvgIpc) is 1.73. The van der Waals surface area contributed by atoms with Crippen LogP contribution in [-0.2, 0) is 53.6 Å². The van der Waals surface area contributed by atoms with Crippen LogP contribution in [0.25, 0.3) is 61.0 Å². The molecule has 0 bridgehead atoms. The van der Waals surface area contributed by atoms with E-state index in [1.807, 2.05) is 57.7 Å². The van der Waals surface area contributed by atoms with Gasteiger partial charge in [-0.05, 0) is 136 Å². The molecule has 1 aliphatic heterocycles. The number of benzene rings is 8. The monoisotopic (exact) mass is 1310 g/mol. The predicted molar refractivity (Wildman–Crippen MR) is 355 cm³/mol. The topological polar surface area (TPSA) is 33.1 Å². The van der Waals surface area contributed by atoms with Crippen LogP contribution in [0.5, 0.6) is 11.5 Å². The third kappa shape index (κ3) is 11.0. The summed E-state index contributed by atoms with van der Waals surface area (Å²) in [5.41, 5.74) is 10.7. The van der Waals surface area contributed by atoms with Crippen LogP contribution < -0.4 is 13.9 Å². The maximum absolute atomic E-state index is 9.57. The first-order valence-corrected chi connectivity index (χ1v) is 29.2. The molecule has 0 N–H and O–H groups in total. The van der Waals surface area contributed by atoms with Gasteiger partial charge in [0.05, 0.1) is 23.5 Å². The molecule has 2 aromatic heterocycles. The van der Waals surface area contributed by atoms with Gasteiger partial charge in [-0.1, -0.05) is 230 Å². The number of ether oxygens (including phenoxy) is 1. The van der Waals surface area contributed by atoms with Crippen LogP contribution in [0.4, 0.5) is 22.7 Å². The molecule has 0 spiro atoms. The molecule has 10 aromatic rings. The normalized spacial score (nSPS) is 17.0. The first-order chi connectivity index (χ1) is 44.5. The molecule has 8 aromatic carbocycles. The van der Waals surface area contributed by atoms with Gasteiger partial charge in [-0.25, -0.2) is 4.98 Å². The zero-order valence-corrected chi connectivity index (χ0v) is 54.1. The molecule has 0 radical (unpaired) electrons. The van der Waals surface area contributed by atoms with Gasteiger partial charge in [0.1, 0.15) is 11.5 Å². The van der Waals surface area contributed by atoms with Crippen molar-refractivity contribution >= 4 is 50.6 Å². The molecule has 2 aliphatic rings. The minimum atomic E-state index is -2.64. The molecule has 0 atom stereocenters. The second-order valence-corrected chi connectivity index (χ2v) is 28.5. The molecule has 3 heterocycles. The zero-order chi connectivity index (χ0) is 70.0. The number of aromatic nitrogens is 2. The van der Waals surface area contributed by atoms with Gasteiger partial charge in [-0.15, -0.1) is 29.1 Å². The molecule has 5 nitrogen and oxygen atoms in total. The van der Waals surface area contributed by atoms with Crippen LogP contribution >= 0.6 is 0 Å². The van der Waals surface area contributed by atoms with Crippen molar-refractivity contribution in [3.63, 3.8) is 0 Å². The van der Waals surface area contributed by atoms with E-state index in [9.17, 15) is 5.48 Å². The smallest absolute Gasteiger partial charge is 0.509 e. The number of hydrogen-bond donors (Lipinski definition) is 0. The van der Waals surface area contributed by atoms with Gasteiger partial charge in [-0.2, -0.15) is 6.07 Å². The summed E-state index contributed by atoms with van der Waals surface area (Å²) in [5, 5.41) is 0.614. The van der Waals surface area contributed by atoms with Crippen molar-refractivity contribution in [2.24, 2.45) is 0 Å². The molecule has 0 saturated heterocycles. The van der Waals surface area contributed by atoms with Crippen molar-refractivity contribution in [1.82, 2.24) is 18.7 Å².